The van der Waals surface area contributed by atoms with Gasteiger partial charge in [0.2, 0.25) is 5.91 Å². The highest BCUT2D eigenvalue weighted by molar-refractivity contribution is 7.99. The van der Waals surface area contributed by atoms with E-state index in [2.05, 4.69) is 20.5 Å². The summed E-state index contributed by atoms with van der Waals surface area (Å²) in [6, 6.07) is 5.14. The summed E-state index contributed by atoms with van der Waals surface area (Å²) in [5.41, 5.74) is 1.89. The molecule has 0 saturated carbocycles. The Labute approximate surface area is 151 Å². The number of amides is 1. The van der Waals surface area contributed by atoms with Crippen molar-refractivity contribution in [3.63, 3.8) is 0 Å². The van der Waals surface area contributed by atoms with Gasteiger partial charge in [-0.25, -0.2) is 4.98 Å². The van der Waals surface area contributed by atoms with Crippen LogP contribution in [0.2, 0.25) is 5.02 Å². The summed E-state index contributed by atoms with van der Waals surface area (Å²) in [5, 5.41) is 11.0. The van der Waals surface area contributed by atoms with Crippen molar-refractivity contribution in [1.29, 1.82) is 0 Å². The highest BCUT2D eigenvalue weighted by Gasteiger charge is 2.28. The molecule has 3 aromatic rings. The molecule has 0 fully saturated rings. The molecular formula is C16H14ClN5O2S. The summed E-state index contributed by atoms with van der Waals surface area (Å²) >= 11 is 7.55. The average Bonchev–Trinajstić information content (AvgIpc) is 3.19. The van der Waals surface area contributed by atoms with Crippen LogP contribution in [0.5, 0.6) is 0 Å². The number of hydrogen-bond acceptors (Lipinski definition) is 5. The fourth-order valence-corrected chi connectivity index (χ4v) is 4.12. The van der Waals surface area contributed by atoms with Crippen LogP contribution in [0.3, 0.4) is 0 Å². The summed E-state index contributed by atoms with van der Waals surface area (Å²) in [4.78, 5) is 29.4. The largest absolute Gasteiger partial charge is 0.326 e. The first-order valence-electron chi connectivity index (χ1n) is 7.67. The summed E-state index contributed by atoms with van der Waals surface area (Å²) in [6.07, 6.45) is 1.66. The molecular weight excluding hydrogens is 362 g/mol. The van der Waals surface area contributed by atoms with Crippen LogP contribution >= 0.6 is 23.4 Å². The van der Waals surface area contributed by atoms with Gasteiger partial charge >= 0.3 is 0 Å². The number of benzene rings is 1. The number of nitrogens with one attached hydrogen (secondary N) is 2. The SMILES string of the molecule is Cc1ccc(NC(=O)CC2CSc3nc4[nH]ncc4c(=O)n32)cc1Cl. The minimum absolute atomic E-state index is 0.169. The molecule has 1 aliphatic heterocycles. The van der Waals surface area contributed by atoms with E-state index in [4.69, 9.17) is 11.6 Å². The number of H-pyrrole nitrogens is 1. The lowest BCUT2D eigenvalue weighted by atomic mass is 10.2. The molecule has 3 heterocycles. The molecule has 0 radical (unpaired) electrons. The van der Waals surface area contributed by atoms with Gasteiger partial charge in [-0.05, 0) is 24.6 Å². The van der Waals surface area contributed by atoms with E-state index in [1.54, 1.807) is 16.7 Å². The van der Waals surface area contributed by atoms with Gasteiger partial charge < -0.3 is 5.32 Å². The number of hydrogen-bond donors (Lipinski definition) is 2. The summed E-state index contributed by atoms with van der Waals surface area (Å²) in [7, 11) is 0. The molecule has 128 valence electrons. The van der Waals surface area contributed by atoms with Crippen LogP contribution in [0.4, 0.5) is 5.69 Å². The smallest absolute Gasteiger partial charge is 0.265 e. The van der Waals surface area contributed by atoms with Gasteiger partial charge in [0.15, 0.2) is 10.8 Å². The van der Waals surface area contributed by atoms with Gasteiger partial charge in [0.1, 0.15) is 5.39 Å². The van der Waals surface area contributed by atoms with Gasteiger partial charge in [-0.2, -0.15) is 5.10 Å². The number of aromatic nitrogens is 4. The van der Waals surface area contributed by atoms with Crippen molar-refractivity contribution in [2.24, 2.45) is 0 Å². The molecule has 0 saturated heterocycles. The number of rotatable bonds is 3. The van der Waals surface area contributed by atoms with Crippen molar-refractivity contribution in [3.8, 4) is 0 Å². The van der Waals surface area contributed by atoms with Crippen molar-refractivity contribution in [1.82, 2.24) is 19.7 Å². The Morgan fingerprint density at radius 3 is 3.16 bits per heavy atom. The van der Waals surface area contributed by atoms with Crippen LogP contribution in [0.15, 0.2) is 34.3 Å². The fraction of sp³-hybridized carbons (Fsp3) is 0.250. The van der Waals surface area contributed by atoms with E-state index in [0.717, 1.165) is 5.56 Å². The Hall–Kier alpha value is -2.32. The molecule has 1 aliphatic rings. The Bertz CT molecular complexity index is 1040. The lowest BCUT2D eigenvalue weighted by molar-refractivity contribution is -0.116. The fourth-order valence-electron chi connectivity index (χ4n) is 2.80. The van der Waals surface area contributed by atoms with Gasteiger partial charge in [-0.3, -0.25) is 19.3 Å². The lowest BCUT2D eigenvalue weighted by Crippen LogP contribution is -2.27. The normalized spacial score (nSPS) is 16.2. The summed E-state index contributed by atoms with van der Waals surface area (Å²) in [6.45, 7) is 1.90. The Morgan fingerprint density at radius 2 is 2.36 bits per heavy atom. The van der Waals surface area contributed by atoms with Crippen LogP contribution in [0.25, 0.3) is 11.0 Å². The van der Waals surface area contributed by atoms with Gasteiger partial charge in [0.05, 0.1) is 12.2 Å². The molecule has 1 aromatic carbocycles. The minimum atomic E-state index is -0.236. The second-order valence-electron chi connectivity index (χ2n) is 5.88. The third-order valence-corrected chi connectivity index (χ3v) is 5.63. The number of halogens is 1. The Balaban J connectivity index is 1.56. The minimum Gasteiger partial charge on any atom is -0.326 e. The predicted octanol–water partition coefficient (Wildman–Crippen LogP) is 2.76. The molecule has 1 unspecified atom stereocenters. The monoisotopic (exact) mass is 375 g/mol. The quantitative estimate of drug-likeness (QED) is 0.686. The molecule has 1 atom stereocenters. The zero-order valence-electron chi connectivity index (χ0n) is 13.2. The number of aryl methyl sites for hydroxylation is 1. The highest BCUT2D eigenvalue weighted by atomic mass is 35.5. The summed E-state index contributed by atoms with van der Waals surface area (Å²) in [5.74, 6) is 0.460. The van der Waals surface area contributed by atoms with Gasteiger partial charge in [0, 0.05) is 22.9 Å². The molecule has 9 heteroatoms. The molecule has 0 bridgehead atoms. The highest BCUT2D eigenvalue weighted by Crippen LogP contribution is 2.33. The molecule has 1 amide bonds. The first-order valence-corrected chi connectivity index (χ1v) is 9.03. The first-order chi connectivity index (χ1) is 12.0. The molecule has 7 nitrogen and oxygen atoms in total. The van der Waals surface area contributed by atoms with Crippen molar-refractivity contribution >= 4 is 46.0 Å². The second kappa shape index (κ2) is 6.20. The molecule has 4 rings (SSSR count). The van der Waals surface area contributed by atoms with Crippen molar-refractivity contribution in [3.05, 3.63) is 45.3 Å². The van der Waals surface area contributed by atoms with E-state index < -0.39 is 0 Å². The Morgan fingerprint density at radius 1 is 1.52 bits per heavy atom. The number of thioether (sulfide) groups is 1. The van der Waals surface area contributed by atoms with E-state index in [1.807, 2.05) is 13.0 Å². The van der Waals surface area contributed by atoms with Crippen LogP contribution < -0.4 is 10.9 Å². The van der Waals surface area contributed by atoms with E-state index in [-0.39, 0.29) is 23.9 Å². The maximum absolute atomic E-state index is 12.6. The maximum Gasteiger partial charge on any atom is 0.265 e. The van der Waals surface area contributed by atoms with Crippen LogP contribution in [-0.2, 0) is 4.79 Å². The summed E-state index contributed by atoms with van der Waals surface area (Å²) < 4.78 is 1.59. The zero-order chi connectivity index (χ0) is 17.6. The van der Waals surface area contributed by atoms with Crippen LogP contribution in [0, 0.1) is 6.92 Å². The molecule has 2 aromatic heterocycles. The topological polar surface area (TPSA) is 92.7 Å². The van der Waals surface area contributed by atoms with Gasteiger partial charge in [-0.1, -0.05) is 29.4 Å². The van der Waals surface area contributed by atoms with E-state index in [0.29, 0.717) is 32.7 Å². The number of anilines is 1. The predicted molar refractivity (Wildman–Crippen MR) is 97.3 cm³/mol. The van der Waals surface area contributed by atoms with E-state index in [1.165, 1.54) is 18.0 Å². The molecule has 2 N–H and O–H groups in total. The Kier molecular flexibility index (Phi) is 4.01. The lowest BCUT2D eigenvalue weighted by Gasteiger charge is -2.13. The van der Waals surface area contributed by atoms with Crippen molar-refractivity contribution in [2.75, 3.05) is 11.1 Å². The van der Waals surface area contributed by atoms with E-state index in [9.17, 15) is 9.59 Å². The second-order valence-corrected chi connectivity index (χ2v) is 7.28. The number of carbonyl (C=O) groups excluding carboxylic acids is 1. The molecule has 0 aliphatic carbocycles. The van der Waals surface area contributed by atoms with Crippen LogP contribution in [-0.4, -0.2) is 31.4 Å². The zero-order valence-corrected chi connectivity index (χ0v) is 14.8. The number of carbonyl (C=O) groups is 1. The average molecular weight is 376 g/mol. The number of aromatic amines is 1. The number of nitrogens with zero attached hydrogens (tertiary/aromatic N) is 3. The van der Waals surface area contributed by atoms with Crippen molar-refractivity contribution < 1.29 is 4.79 Å². The molecule has 25 heavy (non-hydrogen) atoms. The third-order valence-electron chi connectivity index (χ3n) is 4.13. The third kappa shape index (κ3) is 2.91. The van der Waals surface area contributed by atoms with Crippen LogP contribution in [0.1, 0.15) is 18.0 Å². The standard InChI is InChI=1S/C16H14ClN5O2S/c1-8-2-3-9(4-12(8)17)19-13(23)5-10-7-25-16-20-14-11(6-18-21-14)15(24)22(10)16/h2-4,6,10H,5,7H2,1H3,(H,18,21)(H,19,23). The first kappa shape index (κ1) is 16.2. The molecule has 0 spiro atoms. The van der Waals surface area contributed by atoms with Gasteiger partial charge in [0.25, 0.3) is 5.56 Å². The van der Waals surface area contributed by atoms with Crippen molar-refractivity contribution in [2.45, 2.75) is 24.5 Å². The maximum atomic E-state index is 12.6. The van der Waals surface area contributed by atoms with E-state index >= 15 is 0 Å². The van der Waals surface area contributed by atoms with Gasteiger partial charge in [-0.15, -0.1) is 0 Å². The number of fused-ring (bicyclic) bond motifs is 2.